The van der Waals surface area contributed by atoms with Gasteiger partial charge in [0, 0.05) is 16.7 Å². The summed E-state index contributed by atoms with van der Waals surface area (Å²) in [6, 6.07) is 6.78. The molecule has 0 fully saturated rings. The molecular formula is C14H9ClF3N3O3. The number of phenolic OH excluding ortho intramolecular Hbond substituents is 1. The van der Waals surface area contributed by atoms with Crippen molar-refractivity contribution >= 4 is 29.2 Å². The summed E-state index contributed by atoms with van der Waals surface area (Å²) < 4.78 is 38.5. The minimum atomic E-state index is -4.57. The quantitative estimate of drug-likeness (QED) is 0.480. The Balaban J connectivity index is 2.30. The lowest BCUT2D eigenvalue weighted by molar-refractivity contribution is -0.385. The number of nitro benzene ring substituents is 1. The molecule has 0 heterocycles. The third kappa shape index (κ3) is 3.93. The number of nitrogens with zero attached hydrogens (tertiary/aromatic N) is 2. The molecule has 0 radical (unpaired) electrons. The van der Waals surface area contributed by atoms with E-state index >= 15 is 0 Å². The van der Waals surface area contributed by atoms with Crippen LogP contribution in [0.5, 0.6) is 5.75 Å². The number of hydrogen-bond donors (Lipinski definition) is 2. The SMILES string of the molecule is O=[N+]([O-])c1cc(Cl)cc(/C=N/Nc2ccccc2C(F)(F)F)c1O. The summed E-state index contributed by atoms with van der Waals surface area (Å²) >= 11 is 5.70. The van der Waals surface area contributed by atoms with Crippen LogP contribution in [0.15, 0.2) is 41.5 Å². The highest BCUT2D eigenvalue weighted by Crippen LogP contribution is 2.35. The van der Waals surface area contributed by atoms with Crippen molar-refractivity contribution in [2.24, 2.45) is 5.10 Å². The Hall–Kier alpha value is -2.81. The molecule has 0 spiro atoms. The summed E-state index contributed by atoms with van der Waals surface area (Å²) in [5.74, 6) is -0.695. The van der Waals surface area contributed by atoms with Gasteiger partial charge in [0.15, 0.2) is 0 Å². The lowest BCUT2D eigenvalue weighted by Gasteiger charge is -2.11. The number of phenols is 1. The zero-order valence-corrected chi connectivity index (χ0v) is 12.5. The molecule has 0 aromatic heterocycles. The summed E-state index contributed by atoms with van der Waals surface area (Å²) in [6.45, 7) is 0. The van der Waals surface area contributed by atoms with Crippen molar-refractivity contribution in [1.82, 2.24) is 0 Å². The molecule has 0 saturated heterocycles. The predicted octanol–water partition coefficient (Wildman–Crippen LogP) is 4.42. The van der Waals surface area contributed by atoms with E-state index in [1.807, 2.05) is 0 Å². The second kappa shape index (κ2) is 6.75. The zero-order chi connectivity index (χ0) is 17.9. The number of nitrogens with one attached hydrogen (secondary N) is 1. The molecule has 0 atom stereocenters. The van der Waals surface area contributed by atoms with Gasteiger partial charge in [-0.3, -0.25) is 15.5 Å². The van der Waals surface area contributed by atoms with Gasteiger partial charge in [0.05, 0.1) is 22.4 Å². The van der Waals surface area contributed by atoms with E-state index in [2.05, 4.69) is 10.5 Å². The zero-order valence-electron chi connectivity index (χ0n) is 11.7. The minimum Gasteiger partial charge on any atom is -0.502 e. The fourth-order valence-corrected chi connectivity index (χ4v) is 2.06. The van der Waals surface area contributed by atoms with E-state index in [4.69, 9.17) is 11.6 Å². The molecule has 2 N–H and O–H groups in total. The maximum absolute atomic E-state index is 12.8. The molecule has 0 aliphatic rings. The van der Waals surface area contributed by atoms with Crippen molar-refractivity contribution in [3.8, 4) is 5.75 Å². The molecule has 0 aliphatic carbocycles. The number of nitro groups is 1. The van der Waals surface area contributed by atoms with E-state index in [1.54, 1.807) is 0 Å². The van der Waals surface area contributed by atoms with Gasteiger partial charge in [0.25, 0.3) is 0 Å². The molecule has 0 aliphatic heterocycles. The van der Waals surface area contributed by atoms with Crippen molar-refractivity contribution in [1.29, 1.82) is 0 Å². The topological polar surface area (TPSA) is 87.8 Å². The van der Waals surface area contributed by atoms with Crippen molar-refractivity contribution in [2.45, 2.75) is 6.18 Å². The smallest absolute Gasteiger partial charge is 0.418 e. The second-order valence-corrected chi connectivity index (χ2v) is 4.97. The summed E-state index contributed by atoms with van der Waals surface area (Å²) in [7, 11) is 0. The van der Waals surface area contributed by atoms with E-state index in [0.29, 0.717) is 0 Å². The van der Waals surface area contributed by atoms with Gasteiger partial charge >= 0.3 is 11.9 Å². The van der Waals surface area contributed by atoms with Crippen molar-refractivity contribution < 1.29 is 23.2 Å². The van der Waals surface area contributed by atoms with Crippen LogP contribution in [-0.2, 0) is 6.18 Å². The van der Waals surface area contributed by atoms with E-state index < -0.39 is 28.1 Å². The molecule has 24 heavy (non-hydrogen) atoms. The van der Waals surface area contributed by atoms with Crippen LogP contribution >= 0.6 is 11.6 Å². The lowest BCUT2D eigenvalue weighted by Crippen LogP contribution is -2.08. The number of rotatable bonds is 4. The van der Waals surface area contributed by atoms with Gasteiger partial charge < -0.3 is 5.11 Å². The van der Waals surface area contributed by atoms with Gasteiger partial charge in [-0.15, -0.1) is 0 Å². The molecular weight excluding hydrogens is 351 g/mol. The molecule has 0 unspecified atom stereocenters. The summed E-state index contributed by atoms with van der Waals surface area (Å²) in [5, 5.41) is 24.1. The standard InChI is InChI=1S/C14H9ClF3N3O3/c15-9-5-8(13(22)12(6-9)21(23)24)7-19-20-11-4-2-1-3-10(11)14(16,17)18/h1-7,20,22H/b19-7+. The van der Waals surface area contributed by atoms with Gasteiger partial charge in [-0.25, -0.2) is 0 Å². The molecule has 0 amide bonds. The fourth-order valence-electron chi connectivity index (χ4n) is 1.84. The van der Waals surface area contributed by atoms with Gasteiger partial charge in [0.2, 0.25) is 5.75 Å². The minimum absolute atomic E-state index is 0.0309. The van der Waals surface area contributed by atoms with Crippen LogP contribution in [0.3, 0.4) is 0 Å². The maximum atomic E-state index is 12.8. The van der Waals surface area contributed by atoms with Crippen LogP contribution in [0.1, 0.15) is 11.1 Å². The Morgan fingerprint density at radius 3 is 2.58 bits per heavy atom. The molecule has 2 rings (SSSR count). The highest BCUT2D eigenvalue weighted by atomic mass is 35.5. The predicted molar refractivity (Wildman–Crippen MR) is 82.4 cm³/mol. The first-order chi connectivity index (χ1) is 11.2. The summed E-state index contributed by atoms with van der Waals surface area (Å²) in [4.78, 5) is 9.94. The Bertz CT molecular complexity index is 810. The first kappa shape index (κ1) is 17.5. The molecule has 0 saturated carbocycles. The first-order valence-electron chi connectivity index (χ1n) is 6.32. The molecule has 0 bridgehead atoms. The van der Waals surface area contributed by atoms with Crippen LogP contribution in [-0.4, -0.2) is 16.2 Å². The van der Waals surface area contributed by atoms with Gasteiger partial charge in [-0.1, -0.05) is 23.7 Å². The number of aromatic hydroxyl groups is 1. The van der Waals surface area contributed by atoms with Crippen LogP contribution in [0.2, 0.25) is 5.02 Å². The van der Waals surface area contributed by atoms with Crippen molar-refractivity contribution in [3.05, 3.63) is 62.7 Å². The first-order valence-corrected chi connectivity index (χ1v) is 6.70. The molecule has 2 aromatic carbocycles. The third-order valence-electron chi connectivity index (χ3n) is 2.90. The number of hydrogen-bond acceptors (Lipinski definition) is 5. The average Bonchev–Trinajstić information content (AvgIpc) is 2.49. The van der Waals surface area contributed by atoms with E-state index in [9.17, 15) is 28.4 Å². The highest BCUT2D eigenvalue weighted by Gasteiger charge is 2.33. The van der Waals surface area contributed by atoms with Crippen LogP contribution in [0.4, 0.5) is 24.5 Å². The van der Waals surface area contributed by atoms with Gasteiger partial charge in [0.1, 0.15) is 0 Å². The van der Waals surface area contributed by atoms with Gasteiger partial charge in [-0.05, 0) is 18.2 Å². The molecule has 2 aromatic rings. The average molecular weight is 360 g/mol. The van der Waals surface area contributed by atoms with Crippen LogP contribution in [0, 0.1) is 10.1 Å². The summed E-state index contributed by atoms with van der Waals surface area (Å²) in [6.07, 6.45) is -3.64. The number of hydrazone groups is 1. The number of anilines is 1. The number of benzene rings is 2. The molecule has 10 heteroatoms. The number of alkyl halides is 3. The Labute approximate surface area is 138 Å². The third-order valence-corrected chi connectivity index (χ3v) is 3.12. The van der Waals surface area contributed by atoms with Crippen LogP contribution < -0.4 is 5.43 Å². The molecule has 6 nitrogen and oxygen atoms in total. The van der Waals surface area contributed by atoms with Crippen LogP contribution in [0.25, 0.3) is 0 Å². The summed E-state index contributed by atoms with van der Waals surface area (Å²) in [5.41, 5.74) is 0.195. The lowest BCUT2D eigenvalue weighted by atomic mass is 10.2. The van der Waals surface area contributed by atoms with Crippen molar-refractivity contribution in [2.75, 3.05) is 5.43 Å². The van der Waals surface area contributed by atoms with Gasteiger partial charge in [-0.2, -0.15) is 18.3 Å². The highest BCUT2D eigenvalue weighted by molar-refractivity contribution is 6.31. The Morgan fingerprint density at radius 1 is 1.29 bits per heavy atom. The Kier molecular flexibility index (Phi) is 4.93. The van der Waals surface area contributed by atoms with E-state index in [-0.39, 0.29) is 16.3 Å². The van der Waals surface area contributed by atoms with E-state index in [0.717, 1.165) is 18.3 Å². The fraction of sp³-hybridized carbons (Fsp3) is 0.0714. The molecule has 126 valence electrons. The van der Waals surface area contributed by atoms with Crippen molar-refractivity contribution in [3.63, 3.8) is 0 Å². The number of halogens is 4. The number of para-hydroxylation sites is 1. The largest absolute Gasteiger partial charge is 0.502 e. The normalized spacial score (nSPS) is 11.7. The van der Waals surface area contributed by atoms with E-state index in [1.165, 1.54) is 24.3 Å². The maximum Gasteiger partial charge on any atom is 0.418 e. The monoisotopic (exact) mass is 359 g/mol. The second-order valence-electron chi connectivity index (χ2n) is 4.53. The Morgan fingerprint density at radius 2 is 1.96 bits per heavy atom.